The number of halogens is 1. The number of rotatable bonds is 3. The summed E-state index contributed by atoms with van der Waals surface area (Å²) < 4.78 is 2.14. The van der Waals surface area contributed by atoms with Crippen molar-refractivity contribution in [3.05, 3.63) is 75.8 Å². The molecule has 1 saturated heterocycles. The lowest BCUT2D eigenvalue weighted by atomic mass is 10.1. The van der Waals surface area contributed by atoms with Crippen LogP contribution in [-0.4, -0.2) is 27.7 Å². The molecule has 4 nitrogen and oxygen atoms in total. The van der Waals surface area contributed by atoms with Gasteiger partial charge in [0.05, 0.1) is 4.91 Å². The van der Waals surface area contributed by atoms with E-state index in [2.05, 4.69) is 4.57 Å². The number of aromatic nitrogens is 1. The van der Waals surface area contributed by atoms with Crippen molar-refractivity contribution in [1.82, 2.24) is 9.47 Å². The Morgan fingerprint density at radius 3 is 2.50 bits per heavy atom. The molecule has 2 amide bonds. The molecule has 0 atom stereocenters. The summed E-state index contributed by atoms with van der Waals surface area (Å²) in [6.07, 6.45) is 3.82. The molecule has 1 fully saturated rings. The van der Waals surface area contributed by atoms with Gasteiger partial charge in [0.25, 0.3) is 11.1 Å². The van der Waals surface area contributed by atoms with Crippen molar-refractivity contribution in [2.24, 2.45) is 0 Å². The Hall–Kier alpha value is -2.50. The lowest BCUT2D eigenvalue weighted by Gasteiger charge is -2.05. The maximum absolute atomic E-state index is 12.2. The topological polar surface area (TPSA) is 42.3 Å². The molecule has 0 unspecified atom stereocenters. The molecule has 0 N–H and O–H groups in total. The van der Waals surface area contributed by atoms with Gasteiger partial charge < -0.3 is 4.57 Å². The molecule has 1 aromatic heterocycles. The number of benzene rings is 2. The van der Waals surface area contributed by atoms with Crippen LogP contribution in [0.3, 0.4) is 0 Å². The molecule has 2 heterocycles. The van der Waals surface area contributed by atoms with Crippen molar-refractivity contribution in [2.75, 3.05) is 7.05 Å². The van der Waals surface area contributed by atoms with E-state index >= 15 is 0 Å². The number of para-hydroxylation sites is 1. The van der Waals surface area contributed by atoms with Gasteiger partial charge in [0.2, 0.25) is 0 Å². The smallest absolute Gasteiger partial charge is 0.293 e. The van der Waals surface area contributed by atoms with E-state index in [1.165, 1.54) is 7.05 Å². The van der Waals surface area contributed by atoms with Crippen molar-refractivity contribution in [2.45, 2.75) is 6.54 Å². The van der Waals surface area contributed by atoms with Crippen LogP contribution < -0.4 is 0 Å². The maximum atomic E-state index is 12.2. The molecule has 26 heavy (non-hydrogen) atoms. The number of nitrogens with zero attached hydrogens (tertiary/aromatic N) is 2. The zero-order chi connectivity index (χ0) is 18.3. The predicted octanol–water partition coefficient (Wildman–Crippen LogP) is 5.01. The minimum absolute atomic E-state index is 0.244. The average Bonchev–Trinajstić information content (AvgIpc) is 3.10. The van der Waals surface area contributed by atoms with E-state index in [0.717, 1.165) is 38.7 Å². The number of fused-ring (bicyclic) bond motifs is 1. The van der Waals surface area contributed by atoms with E-state index < -0.39 is 0 Å². The predicted molar refractivity (Wildman–Crippen MR) is 106 cm³/mol. The van der Waals surface area contributed by atoms with E-state index in [-0.39, 0.29) is 11.1 Å². The second-order valence-electron chi connectivity index (χ2n) is 6.10. The highest BCUT2D eigenvalue weighted by atomic mass is 35.5. The summed E-state index contributed by atoms with van der Waals surface area (Å²) in [7, 11) is 1.50. The van der Waals surface area contributed by atoms with Crippen LogP contribution in [0.25, 0.3) is 17.0 Å². The zero-order valence-corrected chi connectivity index (χ0v) is 15.6. The average molecular weight is 383 g/mol. The van der Waals surface area contributed by atoms with Crippen molar-refractivity contribution >= 4 is 51.5 Å². The van der Waals surface area contributed by atoms with E-state index in [0.29, 0.717) is 16.5 Å². The lowest BCUT2D eigenvalue weighted by molar-refractivity contribution is -0.121. The molecule has 130 valence electrons. The fourth-order valence-electron chi connectivity index (χ4n) is 2.99. The van der Waals surface area contributed by atoms with E-state index in [1.54, 1.807) is 6.08 Å². The molecule has 0 radical (unpaired) electrons. The van der Waals surface area contributed by atoms with Crippen LogP contribution in [0.2, 0.25) is 5.02 Å². The van der Waals surface area contributed by atoms with Crippen molar-refractivity contribution in [3.8, 4) is 0 Å². The lowest BCUT2D eigenvalue weighted by Crippen LogP contribution is -2.22. The van der Waals surface area contributed by atoms with E-state index in [4.69, 9.17) is 11.6 Å². The molecule has 0 spiro atoms. The second kappa shape index (κ2) is 6.67. The minimum atomic E-state index is -0.255. The molecule has 1 aliphatic heterocycles. The number of likely N-dealkylation sites (N-methyl/N-ethyl adjacent to an activating group) is 1. The summed E-state index contributed by atoms with van der Waals surface area (Å²) in [4.78, 5) is 25.5. The van der Waals surface area contributed by atoms with Crippen LogP contribution >= 0.6 is 23.4 Å². The highest BCUT2D eigenvalue weighted by Crippen LogP contribution is 2.33. The summed E-state index contributed by atoms with van der Waals surface area (Å²) >= 11 is 6.94. The second-order valence-corrected chi connectivity index (χ2v) is 7.53. The van der Waals surface area contributed by atoms with Crippen molar-refractivity contribution in [3.63, 3.8) is 0 Å². The normalized spacial score (nSPS) is 16.2. The zero-order valence-electron chi connectivity index (χ0n) is 14.0. The Labute approximate surface area is 160 Å². The van der Waals surface area contributed by atoms with Gasteiger partial charge in [-0.25, -0.2) is 0 Å². The van der Waals surface area contributed by atoms with Gasteiger partial charge >= 0.3 is 0 Å². The number of imide groups is 1. The van der Waals surface area contributed by atoms with Gasteiger partial charge in [-0.05, 0) is 41.6 Å². The maximum Gasteiger partial charge on any atom is 0.293 e. The van der Waals surface area contributed by atoms with E-state index in [9.17, 15) is 9.59 Å². The highest BCUT2D eigenvalue weighted by Gasteiger charge is 2.32. The van der Waals surface area contributed by atoms with Gasteiger partial charge in [0, 0.05) is 41.3 Å². The molecule has 0 aliphatic carbocycles. The Bertz CT molecular complexity index is 1050. The first kappa shape index (κ1) is 16.9. The first-order valence-corrected chi connectivity index (χ1v) is 9.26. The third-order valence-electron chi connectivity index (χ3n) is 4.36. The fourth-order valence-corrected chi connectivity index (χ4v) is 3.94. The molecule has 0 saturated carbocycles. The third-order valence-corrected chi connectivity index (χ3v) is 5.57. The Balaban J connectivity index is 1.76. The number of amides is 2. The van der Waals surface area contributed by atoms with Crippen LogP contribution in [-0.2, 0) is 11.3 Å². The standard InChI is InChI=1S/C20H15ClN2O2S/c1-22-19(24)18(26-20(22)25)10-14-12-23(17-5-3-2-4-16(14)17)11-13-6-8-15(21)9-7-13/h2-10,12H,11H2,1H3/b18-10+. The molecule has 4 rings (SSSR count). The van der Waals surface area contributed by atoms with Gasteiger partial charge in [-0.3, -0.25) is 14.5 Å². The Morgan fingerprint density at radius 1 is 1.08 bits per heavy atom. The first-order valence-electron chi connectivity index (χ1n) is 8.07. The van der Waals surface area contributed by atoms with Gasteiger partial charge in [0.1, 0.15) is 0 Å². The third kappa shape index (κ3) is 3.04. The number of hydrogen-bond donors (Lipinski definition) is 0. The highest BCUT2D eigenvalue weighted by molar-refractivity contribution is 8.18. The van der Waals surface area contributed by atoms with Crippen molar-refractivity contribution < 1.29 is 9.59 Å². The van der Waals surface area contributed by atoms with E-state index in [1.807, 2.05) is 54.7 Å². The summed E-state index contributed by atoms with van der Waals surface area (Å²) in [5.74, 6) is -0.255. The molecule has 0 bridgehead atoms. The summed E-state index contributed by atoms with van der Waals surface area (Å²) in [6.45, 7) is 0.695. The molecular weight excluding hydrogens is 368 g/mol. The summed E-state index contributed by atoms with van der Waals surface area (Å²) in [5.41, 5.74) is 3.13. The van der Waals surface area contributed by atoms with Crippen LogP contribution in [0, 0.1) is 0 Å². The van der Waals surface area contributed by atoms with Gasteiger partial charge in [-0.1, -0.05) is 41.9 Å². The van der Waals surface area contributed by atoms with Gasteiger partial charge in [-0.15, -0.1) is 0 Å². The fraction of sp³-hybridized carbons (Fsp3) is 0.100. The summed E-state index contributed by atoms with van der Waals surface area (Å²) in [5, 5.41) is 1.51. The molecule has 3 aromatic rings. The van der Waals surface area contributed by atoms with Crippen LogP contribution in [0.15, 0.2) is 59.6 Å². The molecule has 6 heteroatoms. The number of carbonyl (C=O) groups is 2. The van der Waals surface area contributed by atoms with Crippen molar-refractivity contribution in [1.29, 1.82) is 0 Å². The number of hydrogen-bond acceptors (Lipinski definition) is 3. The number of thioether (sulfide) groups is 1. The van der Waals surface area contributed by atoms with Crippen LogP contribution in [0.1, 0.15) is 11.1 Å². The Morgan fingerprint density at radius 2 is 1.81 bits per heavy atom. The van der Waals surface area contributed by atoms with Crippen LogP contribution in [0.5, 0.6) is 0 Å². The quantitative estimate of drug-likeness (QED) is 0.598. The Kier molecular flexibility index (Phi) is 4.34. The molecule has 1 aliphatic rings. The van der Waals surface area contributed by atoms with Gasteiger partial charge in [-0.2, -0.15) is 0 Å². The minimum Gasteiger partial charge on any atom is -0.342 e. The number of carbonyl (C=O) groups excluding carboxylic acids is 2. The first-order chi connectivity index (χ1) is 12.5. The molecular formula is C20H15ClN2O2S. The SMILES string of the molecule is CN1C(=O)S/C(=C/c2cn(Cc3ccc(Cl)cc3)c3ccccc23)C1=O. The molecule has 2 aromatic carbocycles. The monoisotopic (exact) mass is 382 g/mol. The van der Waals surface area contributed by atoms with Gasteiger partial charge in [0.15, 0.2) is 0 Å². The largest absolute Gasteiger partial charge is 0.342 e. The van der Waals surface area contributed by atoms with Crippen LogP contribution in [0.4, 0.5) is 4.79 Å². The summed E-state index contributed by atoms with van der Waals surface area (Å²) in [6, 6.07) is 15.8.